The van der Waals surface area contributed by atoms with Crippen LogP contribution in [0.3, 0.4) is 0 Å². The van der Waals surface area contributed by atoms with Gasteiger partial charge in [-0.1, -0.05) is 19.1 Å². The van der Waals surface area contributed by atoms with Gasteiger partial charge in [-0.25, -0.2) is 0 Å². The van der Waals surface area contributed by atoms with Gasteiger partial charge in [0.15, 0.2) is 0 Å². The van der Waals surface area contributed by atoms with E-state index in [0.717, 1.165) is 44.8 Å². The van der Waals surface area contributed by atoms with Crippen LogP contribution >= 0.6 is 0 Å². The van der Waals surface area contributed by atoms with Crippen molar-refractivity contribution in [3.63, 3.8) is 0 Å². The molecule has 0 bridgehead atoms. The molecule has 1 heterocycles. The van der Waals surface area contributed by atoms with Crippen LogP contribution in [0.4, 0.5) is 0 Å². The number of hydrogen-bond acceptors (Lipinski definition) is 3. The van der Waals surface area contributed by atoms with Crippen LogP contribution in [0.25, 0.3) is 0 Å². The van der Waals surface area contributed by atoms with E-state index in [-0.39, 0.29) is 5.91 Å². The van der Waals surface area contributed by atoms with Crippen molar-refractivity contribution in [2.45, 2.75) is 39.0 Å². The molecular formula is C18H28N2O2. The first-order valence-corrected chi connectivity index (χ1v) is 8.47. The van der Waals surface area contributed by atoms with Crippen molar-refractivity contribution in [2.75, 3.05) is 26.2 Å². The van der Waals surface area contributed by atoms with Crippen molar-refractivity contribution >= 4 is 5.91 Å². The lowest BCUT2D eigenvalue weighted by molar-refractivity contribution is -0.121. The zero-order valence-corrected chi connectivity index (χ0v) is 13.6. The highest BCUT2D eigenvalue weighted by molar-refractivity contribution is 5.76. The van der Waals surface area contributed by atoms with E-state index in [9.17, 15) is 4.79 Å². The average Bonchev–Trinajstić information content (AvgIpc) is 2.58. The van der Waals surface area contributed by atoms with Gasteiger partial charge < -0.3 is 15.4 Å². The predicted molar refractivity (Wildman–Crippen MR) is 89.2 cm³/mol. The second kappa shape index (κ2) is 9.46. The SMILES string of the molecule is CCCOc1ccc(CCC(=O)NCC2CCCNC2)cc1. The van der Waals surface area contributed by atoms with Crippen LogP contribution in [0.2, 0.25) is 0 Å². The van der Waals surface area contributed by atoms with Gasteiger partial charge in [-0.2, -0.15) is 0 Å². The summed E-state index contributed by atoms with van der Waals surface area (Å²) < 4.78 is 5.56. The molecule has 122 valence electrons. The average molecular weight is 304 g/mol. The zero-order chi connectivity index (χ0) is 15.6. The Morgan fingerprint density at radius 1 is 1.36 bits per heavy atom. The van der Waals surface area contributed by atoms with Crippen LogP contribution in [0, 0.1) is 5.92 Å². The van der Waals surface area contributed by atoms with E-state index in [1.807, 2.05) is 24.3 Å². The summed E-state index contributed by atoms with van der Waals surface area (Å²) >= 11 is 0. The van der Waals surface area contributed by atoms with Gasteiger partial charge in [0.2, 0.25) is 5.91 Å². The minimum atomic E-state index is 0.150. The molecule has 0 saturated carbocycles. The van der Waals surface area contributed by atoms with E-state index < -0.39 is 0 Å². The van der Waals surface area contributed by atoms with Gasteiger partial charge in [-0.05, 0) is 62.4 Å². The standard InChI is InChI=1S/C18H28N2O2/c1-2-12-22-17-8-5-15(6-9-17)7-10-18(21)20-14-16-4-3-11-19-13-16/h5-6,8-9,16,19H,2-4,7,10-14H2,1H3,(H,20,21). The molecule has 1 aromatic rings. The topological polar surface area (TPSA) is 50.4 Å². The Bertz CT molecular complexity index is 439. The number of amides is 1. The molecule has 1 aliphatic heterocycles. The normalized spacial score (nSPS) is 18.0. The van der Waals surface area contributed by atoms with E-state index in [4.69, 9.17) is 4.74 Å². The molecule has 2 N–H and O–H groups in total. The number of rotatable bonds is 8. The molecule has 2 rings (SSSR count). The van der Waals surface area contributed by atoms with Gasteiger partial charge in [0, 0.05) is 13.0 Å². The second-order valence-electron chi connectivity index (χ2n) is 6.01. The molecule has 0 aliphatic carbocycles. The minimum absolute atomic E-state index is 0.150. The first-order valence-electron chi connectivity index (χ1n) is 8.47. The number of carbonyl (C=O) groups excluding carboxylic acids is 1. The lowest BCUT2D eigenvalue weighted by Gasteiger charge is -2.22. The third-order valence-electron chi connectivity index (χ3n) is 4.02. The summed E-state index contributed by atoms with van der Waals surface area (Å²) in [6.07, 6.45) is 4.77. The van der Waals surface area contributed by atoms with Gasteiger partial charge in [-0.3, -0.25) is 4.79 Å². The molecule has 1 fully saturated rings. The summed E-state index contributed by atoms with van der Waals surface area (Å²) in [5.74, 6) is 1.64. The Labute approximate surface area is 133 Å². The fraction of sp³-hybridized carbons (Fsp3) is 0.611. The lowest BCUT2D eigenvalue weighted by atomic mass is 10.00. The predicted octanol–water partition coefficient (Wildman–Crippen LogP) is 2.52. The smallest absolute Gasteiger partial charge is 0.220 e. The number of carbonyl (C=O) groups is 1. The monoisotopic (exact) mass is 304 g/mol. The molecule has 1 aliphatic rings. The molecule has 1 atom stereocenters. The molecule has 1 saturated heterocycles. The third kappa shape index (κ3) is 6.06. The molecule has 1 unspecified atom stereocenters. The first kappa shape index (κ1) is 16.8. The molecule has 22 heavy (non-hydrogen) atoms. The number of ether oxygens (including phenoxy) is 1. The van der Waals surface area contributed by atoms with Crippen molar-refractivity contribution in [1.29, 1.82) is 0 Å². The molecular weight excluding hydrogens is 276 g/mol. The molecule has 4 heteroatoms. The van der Waals surface area contributed by atoms with Crippen molar-refractivity contribution in [2.24, 2.45) is 5.92 Å². The van der Waals surface area contributed by atoms with Crippen LogP contribution in [-0.4, -0.2) is 32.1 Å². The first-order chi connectivity index (χ1) is 10.8. The number of hydrogen-bond donors (Lipinski definition) is 2. The van der Waals surface area contributed by atoms with Crippen LogP contribution in [0.15, 0.2) is 24.3 Å². The Morgan fingerprint density at radius 2 is 2.18 bits per heavy atom. The number of piperidine rings is 1. The van der Waals surface area contributed by atoms with E-state index in [2.05, 4.69) is 17.6 Å². The summed E-state index contributed by atoms with van der Waals surface area (Å²) in [4.78, 5) is 11.9. The summed E-state index contributed by atoms with van der Waals surface area (Å²) in [7, 11) is 0. The maximum absolute atomic E-state index is 11.9. The fourth-order valence-electron chi connectivity index (χ4n) is 2.67. The van der Waals surface area contributed by atoms with Crippen LogP contribution in [0.1, 0.15) is 38.2 Å². The lowest BCUT2D eigenvalue weighted by Crippen LogP contribution is -2.38. The molecule has 0 spiro atoms. The number of nitrogens with one attached hydrogen (secondary N) is 2. The zero-order valence-electron chi connectivity index (χ0n) is 13.6. The summed E-state index contributed by atoms with van der Waals surface area (Å²) in [5.41, 5.74) is 1.18. The van der Waals surface area contributed by atoms with Gasteiger partial charge in [-0.15, -0.1) is 0 Å². The maximum atomic E-state index is 11.9. The van der Waals surface area contributed by atoms with Gasteiger partial charge >= 0.3 is 0 Å². The van der Waals surface area contributed by atoms with Crippen molar-refractivity contribution in [3.8, 4) is 5.75 Å². The second-order valence-corrected chi connectivity index (χ2v) is 6.01. The summed E-state index contributed by atoms with van der Waals surface area (Å²) in [5, 5.41) is 6.43. The Kier molecular flexibility index (Phi) is 7.23. The Morgan fingerprint density at radius 3 is 2.86 bits per heavy atom. The number of aryl methyl sites for hydroxylation is 1. The maximum Gasteiger partial charge on any atom is 0.220 e. The van der Waals surface area contributed by atoms with Gasteiger partial charge in [0.25, 0.3) is 0 Å². The molecule has 0 aromatic heterocycles. The van der Waals surface area contributed by atoms with Crippen LogP contribution in [-0.2, 0) is 11.2 Å². The molecule has 1 aromatic carbocycles. The summed E-state index contributed by atoms with van der Waals surface area (Å²) in [6, 6.07) is 8.06. The highest BCUT2D eigenvalue weighted by Crippen LogP contribution is 2.14. The Balaban J connectivity index is 1.64. The quantitative estimate of drug-likeness (QED) is 0.776. The molecule has 0 radical (unpaired) electrons. The van der Waals surface area contributed by atoms with Gasteiger partial charge in [0.05, 0.1) is 6.61 Å². The van der Waals surface area contributed by atoms with E-state index >= 15 is 0 Å². The van der Waals surface area contributed by atoms with Crippen molar-refractivity contribution < 1.29 is 9.53 Å². The van der Waals surface area contributed by atoms with Crippen LogP contribution < -0.4 is 15.4 Å². The van der Waals surface area contributed by atoms with Crippen molar-refractivity contribution in [1.82, 2.24) is 10.6 Å². The molecule has 1 amide bonds. The Hall–Kier alpha value is -1.55. The van der Waals surface area contributed by atoms with E-state index in [1.165, 1.54) is 18.4 Å². The van der Waals surface area contributed by atoms with Crippen LogP contribution in [0.5, 0.6) is 5.75 Å². The third-order valence-corrected chi connectivity index (χ3v) is 4.02. The van der Waals surface area contributed by atoms with Crippen molar-refractivity contribution in [3.05, 3.63) is 29.8 Å². The number of benzene rings is 1. The highest BCUT2D eigenvalue weighted by Gasteiger charge is 2.13. The minimum Gasteiger partial charge on any atom is -0.494 e. The highest BCUT2D eigenvalue weighted by atomic mass is 16.5. The fourth-order valence-corrected chi connectivity index (χ4v) is 2.67. The van der Waals surface area contributed by atoms with Gasteiger partial charge in [0.1, 0.15) is 5.75 Å². The van der Waals surface area contributed by atoms with E-state index in [1.54, 1.807) is 0 Å². The molecule has 4 nitrogen and oxygen atoms in total. The summed E-state index contributed by atoms with van der Waals surface area (Å²) in [6.45, 7) is 5.78. The van der Waals surface area contributed by atoms with E-state index in [0.29, 0.717) is 12.3 Å². The largest absolute Gasteiger partial charge is 0.494 e.